The van der Waals surface area contributed by atoms with Crippen LogP contribution >= 0.6 is 46.6 Å². The van der Waals surface area contributed by atoms with Crippen molar-refractivity contribution in [2.45, 2.75) is 5.16 Å². The largest absolute Gasteiger partial charge is 0.325 e. The molecule has 0 radical (unpaired) electrons. The summed E-state index contributed by atoms with van der Waals surface area (Å²) in [5.41, 5.74) is 2.24. The van der Waals surface area contributed by atoms with Gasteiger partial charge in [-0.2, -0.15) is 0 Å². The summed E-state index contributed by atoms with van der Waals surface area (Å²) in [6.45, 7) is 0. The molecule has 3 aromatic carbocycles. The molecule has 0 aliphatic heterocycles. The van der Waals surface area contributed by atoms with Gasteiger partial charge in [0.2, 0.25) is 5.91 Å². The van der Waals surface area contributed by atoms with Gasteiger partial charge in [-0.15, -0.1) is 10.2 Å². The number of nitrogens with one attached hydrogen (secondary N) is 1. The molecule has 0 aliphatic carbocycles. The molecule has 9 heteroatoms. The van der Waals surface area contributed by atoms with Crippen molar-refractivity contribution in [2.24, 2.45) is 0 Å². The molecule has 31 heavy (non-hydrogen) atoms. The van der Waals surface area contributed by atoms with Crippen LogP contribution in [0.15, 0.2) is 78.0 Å². The van der Waals surface area contributed by atoms with Crippen molar-refractivity contribution in [1.82, 2.24) is 14.8 Å². The summed E-state index contributed by atoms with van der Waals surface area (Å²) >= 11 is 19.4. The summed E-state index contributed by atoms with van der Waals surface area (Å²) in [4.78, 5) is 12.5. The van der Waals surface area contributed by atoms with Gasteiger partial charge in [-0.1, -0.05) is 76.9 Å². The Balaban J connectivity index is 1.59. The predicted octanol–water partition coefficient (Wildman–Crippen LogP) is 6.63. The lowest BCUT2D eigenvalue weighted by molar-refractivity contribution is -0.113. The summed E-state index contributed by atoms with van der Waals surface area (Å²) in [6, 6.07) is 22.0. The van der Waals surface area contributed by atoms with Crippen LogP contribution in [-0.2, 0) is 4.79 Å². The second-order valence-corrected chi connectivity index (χ2v) is 8.73. The first-order valence-electron chi connectivity index (χ1n) is 9.15. The zero-order valence-corrected chi connectivity index (χ0v) is 19.0. The molecule has 0 atom stereocenters. The summed E-state index contributed by atoms with van der Waals surface area (Å²) in [7, 11) is 0. The average molecular weight is 490 g/mol. The van der Waals surface area contributed by atoms with Crippen LogP contribution in [0.25, 0.3) is 17.1 Å². The first-order valence-corrected chi connectivity index (χ1v) is 11.3. The summed E-state index contributed by atoms with van der Waals surface area (Å²) in [5, 5.41) is 13.6. The molecule has 1 heterocycles. The third-order valence-corrected chi connectivity index (χ3v) is 5.81. The predicted molar refractivity (Wildman–Crippen MR) is 128 cm³/mol. The fraction of sp³-hybridized carbons (Fsp3) is 0.0455. The third kappa shape index (κ3) is 5.40. The second-order valence-electron chi connectivity index (χ2n) is 6.48. The van der Waals surface area contributed by atoms with Gasteiger partial charge in [0.1, 0.15) is 0 Å². The lowest BCUT2D eigenvalue weighted by atomic mass is 10.2. The zero-order valence-electron chi connectivity index (χ0n) is 15.9. The number of thioether (sulfide) groups is 1. The molecule has 1 N–H and O–H groups in total. The van der Waals surface area contributed by atoms with Crippen LogP contribution in [0, 0.1) is 0 Å². The first-order chi connectivity index (χ1) is 15.0. The number of rotatable bonds is 6. The van der Waals surface area contributed by atoms with Gasteiger partial charge in [0.25, 0.3) is 0 Å². The van der Waals surface area contributed by atoms with Gasteiger partial charge in [-0.25, -0.2) is 0 Å². The van der Waals surface area contributed by atoms with Gasteiger partial charge in [0, 0.05) is 32.0 Å². The summed E-state index contributed by atoms with van der Waals surface area (Å²) < 4.78 is 1.90. The fourth-order valence-electron chi connectivity index (χ4n) is 2.94. The molecule has 0 fully saturated rings. The van der Waals surface area contributed by atoms with Crippen LogP contribution in [0.4, 0.5) is 5.69 Å². The van der Waals surface area contributed by atoms with Crippen molar-refractivity contribution in [1.29, 1.82) is 0 Å². The highest BCUT2D eigenvalue weighted by Gasteiger charge is 2.17. The smallest absolute Gasteiger partial charge is 0.234 e. The van der Waals surface area contributed by atoms with Gasteiger partial charge in [0.05, 0.1) is 5.75 Å². The first kappa shape index (κ1) is 21.7. The van der Waals surface area contributed by atoms with Crippen molar-refractivity contribution in [2.75, 3.05) is 11.1 Å². The standard InChI is InChI=1S/C22H15Cl3N4OS/c23-15-6-4-5-14(9-15)21-27-28-22(29(21)19-7-2-1-3-8-19)31-13-20(30)26-18-11-16(24)10-17(25)12-18/h1-12H,13H2,(H,26,30). The maximum Gasteiger partial charge on any atom is 0.234 e. The van der Waals surface area contributed by atoms with Crippen LogP contribution in [0.5, 0.6) is 0 Å². The number of carbonyl (C=O) groups is 1. The highest BCUT2D eigenvalue weighted by Crippen LogP contribution is 2.29. The molecule has 0 saturated heterocycles. The van der Waals surface area contributed by atoms with E-state index in [1.807, 2.05) is 53.1 Å². The highest BCUT2D eigenvalue weighted by molar-refractivity contribution is 7.99. The Hall–Kier alpha value is -2.51. The monoisotopic (exact) mass is 488 g/mol. The quantitative estimate of drug-likeness (QED) is 0.309. The molecule has 0 spiro atoms. The SMILES string of the molecule is O=C(CSc1nnc(-c2cccc(Cl)c2)n1-c1ccccc1)Nc1cc(Cl)cc(Cl)c1. The van der Waals surface area contributed by atoms with Crippen molar-refractivity contribution in [3.8, 4) is 17.1 Å². The van der Waals surface area contributed by atoms with Gasteiger partial charge < -0.3 is 5.32 Å². The number of aromatic nitrogens is 3. The topological polar surface area (TPSA) is 59.8 Å². The molecule has 1 amide bonds. The van der Waals surface area contributed by atoms with E-state index in [1.54, 1.807) is 24.3 Å². The number of amides is 1. The van der Waals surface area contributed by atoms with Crippen LogP contribution in [0.1, 0.15) is 0 Å². The van der Waals surface area contributed by atoms with E-state index in [2.05, 4.69) is 15.5 Å². The Labute approximate surface area is 198 Å². The fourth-order valence-corrected chi connectivity index (χ4v) is 4.41. The minimum atomic E-state index is -0.213. The number of anilines is 1. The van der Waals surface area contributed by atoms with Gasteiger partial charge in [-0.3, -0.25) is 9.36 Å². The Bertz CT molecular complexity index is 1210. The summed E-state index contributed by atoms with van der Waals surface area (Å²) in [5.74, 6) is 0.554. The highest BCUT2D eigenvalue weighted by atomic mass is 35.5. The molecule has 0 saturated carbocycles. The molecule has 0 unspecified atom stereocenters. The molecular formula is C22H15Cl3N4OS. The lowest BCUT2D eigenvalue weighted by Crippen LogP contribution is -2.14. The van der Waals surface area contributed by atoms with Crippen LogP contribution in [0.2, 0.25) is 15.1 Å². The van der Waals surface area contributed by atoms with Gasteiger partial charge >= 0.3 is 0 Å². The minimum absolute atomic E-state index is 0.130. The lowest BCUT2D eigenvalue weighted by Gasteiger charge is -2.11. The number of para-hydroxylation sites is 1. The molecule has 156 valence electrons. The second kappa shape index (κ2) is 9.75. The number of halogens is 3. The van der Waals surface area contributed by atoms with Crippen LogP contribution < -0.4 is 5.32 Å². The number of hydrogen-bond donors (Lipinski definition) is 1. The van der Waals surface area contributed by atoms with E-state index in [4.69, 9.17) is 34.8 Å². The summed E-state index contributed by atoms with van der Waals surface area (Å²) in [6.07, 6.45) is 0. The van der Waals surface area contributed by atoms with Crippen LogP contribution in [-0.4, -0.2) is 26.4 Å². The van der Waals surface area contributed by atoms with Crippen LogP contribution in [0.3, 0.4) is 0 Å². The van der Waals surface area contributed by atoms with Crippen molar-refractivity contribution < 1.29 is 4.79 Å². The van der Waals surface area contributed by atoms with Crippen molar-refractivity contribution in [3.63, 3.8) is 0 Å². The molecule has 1 aromatic heterocycles. The normalized spacial score (nSPS) is 10.8. The molecule has 4 aromatic rings. The minimum Gasteiger partial charge on any atom is -0.325 e. The number of hydrogen-bond acceptors (Lipinski definition) is 4. The zero-order chi connectivity index (χ0) is 21.8. The van der Waals surface area contributed by atoms with Gasteiger partial charge in [0.15, 0.2) is 11.0 Å². The van der Waals surface area contributed by atoms with E-state index < -0.39 is 0 Å². The van der Waals surface area contributed by atoms with E-state index >= 15 is 0 Å². The number of carbonyl (C=O) groups excluding carboxylic acids is 1. The Morgan fingerprint density at radius 1 is 0.871 bits per heavy atom. The Kier molecular flexibility index (Phi) is 6.83. The van der Waals surface area contributed by atoms with Crippen molar-refractivity contribution >= 4 is 58.2 Å². The molecule has 0 aliphatic rings. The van der Waals surface area contributed by atoms with E-state index in [0.29, 0.717) is 31.7 Å². The number of benzene rings is 3. The Morgan fingerprint density at radius 3 is 2.32 bits per heavy atom. The van der Waals surface area contributed by atoms with Gasteiger partial charge in [-0.05, 0) is 42.5 Å². The molecule has 5 nitrogen and oxygen atoms in total. The third-order valence-electron chi connectivity index (χ3n) is 4.21. The number of nitrogens with zero attached hydrogens (tertiary/aromatic N) is 3. The molecule has 0 bridgehead atoms. The molecule has 4 rings (SSSR count). The maximum atomic E-state index is 12.5. The van der Waals surface area contributed by atoms with Crippen molar-refractivity contribution in [3.05, 3.63) is 87.9 Å². The maximum absolute atomic E-state index is 12.5. The average Bonchev–Trinajstić information content (AvgIpc) is 3.16. The Morgan fingerprint density at radius 2 is 1.61 bits per heavy atom. The molecular weight excluding hydrogens is 475 g/mol. The van der Waals surface area contributed by atoms with E-state index in [9.17, 15) is 4.79 Å². The van der Waals surface area contributed by atoms with E-state index in [0.717, 1.165) is 11.3 Å². The van der Waals surface area contributed by atoms with E-state index in [-0.39, 0.29) is 11.7 Å². The van der Waals surface area contributed by atoms with E-state index in [1.165, 1.54) is 11.8 Å².